The lowest BCUT2D eigenvalue weighted by Crippen LogP contribution is -2.68. The first kappa shape index (κ1) is 22.0. The zero-order chi connectivity index (χ0) is 20.1. The molecule has 26 heavy (non-hydrogen) atoms. The van der Waals surface area contributed by atoms with E-state index in [1.165, 1.54) is 0 Å². The Labute approximate surface area is 164 Å². The number of fused-ring (bicyclic) bond motifs is 2. The van der Waals surface area contributed by atoms with Crippen LogP contribution in [-0.2, 0) is 14.0 Å². The first-order chi connectivity index (χ1) is 11.6. The Bertz CT molecular complexity index is 600. The summed E-state index contributed by atoms with van der Waals surface area (Å²) in [6.07, 6.45) is 1.57. The van der Waals surface area contributed by atoms with Gasteiger partial charge in [0.15, 0.2) is 8.32 Å². The molecule has 3 fully saturated rings. The lowest BCUT2D eigenvalue weighted by atomic mass is 9.44. The van der Waals surface area contributed by atoms with Crippen molar-refractivity contribution >= 4 is 35.9 Å². The SMILES string of the molecule is CCOC(=O)C(N=C1C[C@@H]2C[C@@H](C2(C)C)[C@]1(C)O[Si](C)(C)C)C(F)(F)Br. The second kappa shape index (κ2) is 6.92. The lowest BCUT2D eigenvalue weighted by Gasteiger charge is -2.65. The fourth-order valence-corrected chi connectivity index (χ4v) is 6.34. The molecule has 2 bridgehead atoms. The van der Waals surface area contributed by atoms with Crippen LogP contribution in [0.15, 0.2) is 4.99 Å². The number of nitrogens with zero attached hydrogens (tertiary/aromatic N) is 1. The largest absolute Gasteiger partial charge is 0.464 e. The van der Waals surface area contributed by atoms with Crippen molar-refractivity contribution in [1.29, 1.82) is 0 Å². The number of carbonyl (C=O) groups excluding carboxylic acids is 1. The molecule has 0 aromatic rings. The van der Waals surface area contributed by atoms with Crippen molar-refractivity contribution in [2.45, 2.75) is 76.7 Å². The van der Waals surface area contributed by atoms with Crippen molar-refractivity contribution in [2.24, 2.45) is 22.2 Å². The Balaban J connectivity index is 2.47. The van der Waals surface area contributed by atoms with Crippen molar-refractivity contribution in [1.82, 2.24) is 0 Å². The molecule has 0 saturated heterocycles. The average molecular weight is 454 g/mol. The summed E-state index contributed by atoms with van der Waals surface area (Å²) in [5.41, 5.74) is -0.0900. The third-order valence-electron chi connectivity index (χ3n) is 5.77. The molecule has 3 rings (SSSR count). The van der Waals surface area contributed by atoms with Crippen molar-refractivity contribution in [2.75, 3.05) is 6.61 Å². The summed E-state index contributed by atoms with van der Waals surface area (Å²) >= 11 is 2.32. The summed E-state index contributed by atoms with van der Waals surface area (Å²) in [6, 6.07) is -1.90. The van der Waals surface area contributed by atoms with Crippen LogP contribution in [-0.4, -0.2) is 43.1 Å². The van der Waals surface area contributed by atoms with Crippen molar-refractivity contribution in [3.8, 4) is 0 Å². The maximum absolute atomic E-state index is 14.0. The number of alkyl halides is 3. The molecule has 4 nitrogen and oxygen atoms in total. The maximum atomic E-state index is 14.0. The molecule has 1 unspecified atom stereocenters. The van der Waals surface area contributed by atoms with Gasteiger partial charge < -0.3 is 9.16 Å². The van der Waals surface area contributed by atoms with E-state index >= 15 is 0 Å². The number of carbonyl (C=O) groups is 1. The highest BCUT2D eigenvalue weighted by Gasteiger charge is 2.64. The van der Waals surface area contributed by atoms with Crippen LogP contribution in [0.5, 0.6) is 0 Å². The Kier molecular flexibility index (Phi) is 5.84. The second-order valence-electron chi connectivity index (χ2n) is 9.10. The average Bonchev–Trinajstić information content (AvgIpc) is 2.41. The van der Waals surface area contributed by atoms with Crippen molar-refractivity contribution < 1.29 is 22.7 Å². The number of esters is 1. The highest BCUT2D eigenvalue weighted by molar-refractivity contribution is 9.10. The molecule has 4 atom stereocenters. The number of rotatable bonds is 6. The first-order valence-corrected chi connectivity index (χ1v) is 13.3. The monoisotopic (exact) mass is 453 g/mol. The van der Waals surface area contributed by atoms with Gasteiger partial charge >= 0.3 is 10.8 Å². The highest BCUT2D eigenvalue weighted by Crippen LogP contribution is 2.63. The van der Waals surface area contributed by atoms with Crippen LogP contribution in [0.25, 0.3) is 0 Å². The molecule has 3 aliphatic carbocycles. The zero-order valence-electron chi connectivity index (χ0n) is 16.7. The van der Waals surface area contributed by atoms with Crippen LogP contribution >= 0.6 is 15.9 Å². The third kappa shape index (κ3) is 4.07. The minimum atomic E-state index is -3.47. The quantitative estimate of drug-likeness (QED) is 0.322. The van der Waals surface area contributed by atoms with E-state index in [4.69, 9.17) is 9.16 Å². The van der Waals surface area contributed by atoms with Gasteiger partial charge in [-0.25, -0.2) is 4.79 Å². The molecule has 3 saturated carbocycles. The molecule has 0 spiro atoms. The summed E-state index contributed by atoms with van der Waals surface area (Å²) in [6.45, 7) is 14.2. The minimum Gasteiger partial charge on any atom is -0.464 e. The van der Waals surface area contributed by atoms with Gasteiger partial charge in [0.2, 0.25) is 6.04 Å². The van der Waals surface area contributed by atoms with Gasteiger partial charge in [-0.15, -0.1) is 0 Å². The van der Waals surface area contributed by atoms with E-state index in [1.807, 2.05) is 6.92 Å². The molecular formula is C18H30BrF2NO3Si. The van der Waals surface area contributed by atoms with Gasteiger partial charge in [0.25, 0.3) is 0 Å². The molecule has 0 N–H and O–H groups in total. The lowest BCUT2D eigenvalue weighted by molar-refractivity contribution is -0.149. The standard InChI is InChI=1S/C18H30BrF2NO3Si/c1-8-24-15(23)14(18(19,20)21)22-13-10-11-9-12(16(11,2)3)17(13,4)25-26(5,6)7/h11-12,14H,8-10H2,1-7H3/t11-,12-,14?,17-/m0/s1. The van der Waals surface area contributed by atoms with Gasteiger partial charge in [-0.3, -0.25) is 4.99 Å². The molecule has 8 heteroatoms. The predicted octanol–water partition coefficient (Wildman–Crippen LogP) is 5.02. The molecule has 0 aromatic carbocycles. The van der Waals surface area contributed by atoms with E-state index in [1.54, 1.807) is 6.92 Å². The van der Waals surface area contributed by atoms with E-state index in [0.717, 1.165) is 6.42 Å². The summed E-state index contributed by atoms with van der Waals surface area (Å²) in [4.78, 5) is 12.9. The zero-order valence-corrected chi connectivity index (χ0v) is 19.2. The normalized spacial score (nSPS) is 33.5. The number of halogens is 3. The van der Waals surface area contributed by atoms with E-state index in [0.29, 0.717) is 18.1 Å². The van der Waals surface area contributed by atoms with Crippen LogP contribution in [0.2, 0.25) is 19.6 Å². The molecule has 3 aliphatic rings. The summed E-state index contributed by atoms with van der Waals surface area (Å²) in [5.74, 6) is -0.446. The van der Waals surface area contributed by atoms with Gasteiger partial charge in [-0.1, -0.05) is 13.8 Å². The van der Waals surface area contributed by atoms with Crippen LogP contribution in [0.3, 0.4) is 0 Å². The van der Waals surface area contributed by atoms with Gasteiger partial charge in [0, 0.05) is 5.71 Å². The van der Waals surface area contributed by atoms with Crippen molar-refractivity contribution in [3.63, 3.8) is 0 Å². The number of hydrogen-bond acceptors (Lipinski definition) is 4. The predicted molar refractivity (Wildman–Crippen MR) is 105 cm³/mol. The summed E-state index contributed by atoms with van der Waals surface area (Å²) < 4.78 is 39.4. The van der Waals surface area contributed by atoms with Gasteiger partial charge in [0.1, 0.15) is 0 Å². The van der Waals surface area contributed by atoms with Crippen LogP contribution in [0.1, 0.15) is 40.5 Å². The third-order valence-corrected chi connectivity index (χ3v) is 7.24. The number of hydrogen-bond donors (Lipinski definition) is 0. The Morgan fingerprint density at radius 2 is 1.96 bits per heavy atom. The first-order valence-electron chi connectivity index (χ1n) is 9.13. The molecule has 0 amide bonds. The Morgan fingerprint density at radius 1 is 1.38 bits per heavy atom. The fourth-order valence-electron chi connectivity index (χ4n) is 4.52. The van der Waals surface area contributed by atoms with Gasteiger partial charge in [0.05, 0.1) is 12.2 Å². The molecule has 0 heterocycles. The highest BCUT2D eigenvalue weighted by atomic mass is 79.9. The molecular weight excluding hydrogens is 424 g/mol. The molecule has 150 valence electrons. The van der Waals surface area contributed by atoms with Crippen LogP contribution in [0, 0.1) is 17.3 Å². The van der Waals surface area contributed by atoms with Crippen LogP contribution < -0.4 is 0 Å². The summed E-state index contributed by atoms with van der Waals surface area (Å²) in [7, 11) is -1.97. The van der Waals surface area contributed by atoms with Crippen LogP contribution in [0.4, 0.5) is 8.78 Å². The maximum Gasteiger partial charge on any atom is 0.338 e. The molecule has 0 aliphatic heterocycles. The Hall–Kier alpha value is -0.343. The number of aliphatic imine (C=N–C) groups is 1. The second-order valence-corrected chi connectivity index (χ2v) is 14.6. The van der Waals surface area contributed by atoms with E-state index in [9.17, 15) is 13.6 Å². The smallest absolute Gasteiger partial charge is 0.338 e. The minimum absolute atomic E-state index is 0.0320. The number of ether oxygens (including phenoxy) is 1. The molecule has 0 aromatic heterocycles. The topological polar surface area (TPSA) is 47.9 Å². The van der Waals surface area contributed by atoms with Crippen molar-refractivity contribution in [3.05, 3.63) is 0 Å². The van der Waals surface area contributed by atoms with E-state index in [-0.39, 0.29) is 17.9 Å². The Morgan fingerprint density at radius 3 is 2.38 bits per heavy atom. The van der Waals surface area contributed by atoms with Gasteiger partial charge in [-0.05, 0) is 79.5 Å². The van der Waals surface area contributed by atoms with E-state index < -0.39 is 30.8 Å². The summed E-state index contributed by atoms with van der Waals surface area (Å²) in [5, 5.41) is 0. The molecule has 0 radical (unpaired) electrons. The fraction of sp³-hybridized carbons (Fsp3) is 0.889. The van der Waals surface area contributed by atoms with E-state index in [2.05, 4.69) is 54.4 Å². The van der Waals surface area contributed by atoms with Gasteiger partial charge in [-0.2, -0.15) is 8.78 Å².